The van der Waals surface area contributed by atoms with Crippen LogP contribution in [0, 0.1) is 5.92 Å². The van der Waals surface area contributed by atoms with Gasteiger partial charge < -0.3 is 15.2 Å². The van der Waals surface area contributed by atoms with Gasteiger partial charge in [0.2, 0.25) is 5.91 Å². The molecule has 4 nitrogen and oxygen atoms in total. The predicted octanol–water partition coefficient (Wildman–Crippen LogP) is 0.546. The molecule has 1 amide bonds. The fourth-order valence-electron chi connectivity index (χ4n) is 1.20. The average Bonchev–Trinajstić information content (AvgIpc) is 2.17. The second kappa shape index (κ2) is 7.76. The van der Waals surface area contributed by atoms with Crippen LogP contribution in [0.15, 0.2) is 0 Å². The van der Waals surface area contributed by atoms with E-state index in [1.54, 1.807) is 7.11 Å². The van der Waals surface area contributed by atoms with Crippen molar-refractivity contribution in [3.05, 3.63) is 0 Å². The monoisotopic (exact) mass is 203 g/mol. The first kappa shape index (κ1) is 13.4. The van der Waals surface area contributed by atoms with Gasteiger partial charge in [0.25, 0.3) is 0 Å². The van der Waals surface area contributed by atoms with E-state index in [-0.39, 0.29) is 24.5 Å². The molecule has 0 aliphatic carbocycles. The van der Waals surface area contributed by atoms with Crippen molar-refractivity contribution >= 4 is 5.91 Å². The molecule has 0 aliphatic heterocycles. The summed E-state index contributed by atoms with van der Waals surface area (Å²) in [7, 11) is 1.58. The zero-order valence-corrected chi connectivity index (χ0v) is 9.25. The third kappa shape index (κ3) is 5.19. The van der Waals surface area contributed by atoms with Gasteiger partial charge in [-0.05, 0) is 12.8 Å². The van der Waals surface area contributed by atoms with E-state index in [1.165, 1.54) is 0 Å². The van der Waals surface area contributed by atoms with Crippen molar-refractivity contribution in [3.8, 4) is 0 Å². The number of carbonyl (C=O) groups excluding carboxylic acids is 1. The SMILES string of the molecule is CCC(CCO)NC(=O)C(C)COC. The Hall–Kier alpha value is -0.610. The molecule has 0 heterocycles. The Bertz CT molecular complexity index is 161. The van der Waals surface area contributed by atoms with Crippen molar-refractivity contribution in [1.29, 1.82) is 0 Å². The second-order valence-electron chi connectivity index (χ2n) is 3.48. The molecule has 2 N–H and O–H groups in total. The number of ether oxygens (including phenoxy) is 1. The van der Waals surface area contributed by atoms with Gasteiger partial charge in [0.1, 0.15) is 0 Å². The molecule has 0 bridgehead atoms. The topological polar surface area (TPSA) is 58.6 Å². The predicted molar refractivity (Wildman–Crippen MR) is 55.0 cm³/mol. The van der Waals surface area contributed by atoms with Crippen molar-refractivity contribution in [1.82, 2.24) is 5.32 Å². The summed E-state index contributed by atoms with van der Waals surface area (Å²) in [5, 5.41) is 11.6. The lowest BCUT2D eigenvalue weighted by Gasteiger charge is -2.18. The molecule has 4 heteroatoms. The molecule has 0 aromatic heterocycles. The van der Waals surface area contributed by atoms with Crippen LogP contribution in [0.1, 0.15) is 26.7 Å². The molecule has 0 fully saturated rings. The Morgan fingerprint density at radius 3 is 2.64 bits per heavy atom. The van der Waals surface area contributed by atoms with Crippen LogP contribution in [0.2, 0.25) is 0 Å². The van der Waals surface area contributed by atoms with E-state index >= 15 is 0 Å². The number of nitrogens with one attached hydrogen (secondary N) is 1. The van der Waals surface area contributed by atoms with Crippen LogP contribution in [0.3, 0.4) is 0 Å². The average molecular weight is 203 g/mol. The third-order valence-corrected chi connectivity index (χ3v) is 2.18. The van der Waals surface area contributed by atoms with Gasteiger partial charge in [-0.25, -0.2) is 0 Å². The normalized spacial score (nSPS) is 14.9. The molecule has 0 aromatic rings. The van der Waals surface area contributed by atoms with E-state index in [2.05, 4.69) is 5.32 Å². The summed E-state index contributed by atoms with van der Waals surface area (Å²) >= 11 is 0. The van der Waals surface area contributed by atoms with Gasteiger partial charge in [0, 0.05) is 19.8 Å². The Morgan fingerprint density at radius 1 is 1.57 bits per heavy atom. The molecule has 0 saturated heterocycles. The van der Waals surface area contributed by atoms with Crippen molar-refractivity contribution in [2.45, 2.75) is 32.7 Å². The second-order valence-corrected chi connectivity index (χ2v) is 3.48. The fourth-order valence-corrected chi connectivity index (χ4v) is 1.20. The zero-order chi connectivity index (χ0) is 11.0. The molecule has 0 saturated carbocycles. The van der Waals surface area contributed by atoms with E-state index in [9.17, 15) is 4.79 Å². The fraction of sp³-hybridized carbons (Fsp3) is 0.900. The van der Waals surface area contributed by atoms with E-state index in [0.29, 0.717) is 13.0 Å². The molecule has 84 valence electrons. The smallest absolute Gasteiger partial charge is 0.225 e. The van der Waals surface area contributed by atoms with Crippen LogP contribution in [0.5, 0.6) is 0 Å². The number of aliphatic hydroxyl groups is 1. The number of hydrogen-bond acceptors (Lipinski definition) is 3. The van der Waals surface area contributed by atoms with Crippen LogP contribution >= 0.6 is 0 Å². The molecule has 2 unspecified atom stereocenters. The molecular formula is C10H21NO3. The van der Waals surface area contributed by atoms with Crippen molar-refractivity contribution in [2.24, 2.45) is 5.92 Å². The number of carbonyl (C=O) groups is 1. The Kier molecular flexibility index (Phi) is 7.42. The van der Waals surface area contributed by atoms with Crippen molar-refractivity contribution in [2.75, 3.05) is 20.3 Å². The van der Waals surface area contributed by atoms with Gasteiger partial charge in [0.05, 0.1) is 12.5 Å². The lowest BCUT2D eigenvalue weighted by atomic mass is 10.1. The number of hydrogen-bond donors (Lipinski definition) is 2. The van der Waals surface area contributed by atoms with E-state index < -0.39 is 0 Å². The molecule has 0 aromatic carbocycles. The summed E-state index contributed by atoms with van der Waals surface area (Å²) in [4.78, 5) is 11.5. The summed E-state index contributed by atoms with van der Waals surface area (Å²) in [6.07, 6.45) is 1.45. The molecule has 0 rings (SSSR count). The van der Waals surface area contributed by atoms with Gasteiger partial charge in [-0.2, -0.15) is 0 Å². The van der Waals surface area contributed by atoms with Crippen molar-refractivity contribution < 1.29 is 14.6 Å². The van der Waals surface area contributed by atoms with Crippen LogP contribution < -0.4 is 5.32 Å². The summed E-state index contributed by atoms with van der Waals surface area (Å²) in [6.45, 7) is 4.35. The van der Waals surface area contributed by atoms with Crippen LogP contribution in [-0.4, -0.2) is 37.4 Å². The maximum absolute atomic E-state index is 11.5. The zero-order valence-electron chi connectivity index (χ0n) is 9.25. The summed E-state index contributed by atoms with van der Waals surface area (Å²) in [6, 6.07) is 0.0757. The molecular weight excluding hydrogens is 182 g/mol. The quantitative estimate of drug-likeness (QED) is 0.635. The summed E-state index contributed by atoms with van der Waals surface area (Å²) < 4.78 is 4.89. The standard InChI is InChI=1S/C10H21NO3/c1-4-9(5-6-12)11-10(13)8(2)7-14-3/h8-9,12H,4-7H2,1-3H3,(H,11,13). The Morgan fingerprint density at radius 2 is 2.21 bits per heavy atom. The van der Waals surface area contributed by atoms with Gasteiger partial charge in [0.15, 0.2) is 0 Å². The summed E-state index contributed by atoms with van der Waals surface area (Å²) in [5.41, 5.74) is 0. The minimum Gasteiger partial charge on any atom is -0.396 e. The number of aliphatic hydroxyl groups excluding tert-OH is 1. The number of methoxy groups -OCH3 is 1. The van der Waals surface area contributed by atoms with Gasteiger partial charge >= 0.3 is 0 Å². The molecule has 2 atom stereocenters. The van der Waals surface area contributed by atoms with E-state index in [4.69, 9.17) is 9.84 Å². The largest absolute Gasteiger partial charge is 0.396 e. The first-order chi connectivity index (χ1) is 6.65. The van der Waals surface area contributed by atoms with E-state index in [1.807, 2.05) is 13.8 Å². The minimum atomic E-state index is -0.132. The highest BCUT2D eigenvalue weighted by molar-refractivity contribution is 5.78. The Labute approximate surface area is 85.6 Å². The highest BCUT2D eigenvalue weighted by Crippen LogP contribution is 2.01. The lowest BCUT2D eigenvalue weighted by molar-refractivity contribution is -0.126. The first-order valence-corrected chi connectivity index (χ1v) is 5.05. The van der Waals surface area contributed by atoms with Crippen LogP contribution in [0.4, 0.5) is 0 Å². The lowest BCUT2D eigenvalue weighted by Crippen LogP contribution is -2.39. The number of amides is 1. The van der Waals surface area contributed by atoms with Gasteiger partial charge in [-0.3, -0.25) is 4.79 Å². The molecule has 0 radical (unpaired) electrons. The Balaban J connectivity index is 3.88. The van der Waals surface area contributed by atoms with Gasteiger partial charge in [-0.1, -0.05) is 13.8 Å². The molecule has 0 spiro atoms. The van der Waals surface area contributed by atoms with Crippen LogP contribution in [-0.2, 0) is 9.53 Å². The van der Waals surface area contributed by atoms with E-state index in [0.717, 1.165) is 6.42 Å². The van der Waals surface area contributed by atoms with Gasteiger partial charge in [-0.15, -0.1) is 0 Å². The molecule has 14 heavy (non-hydrogen) atoms. The summed E-state index contributed by atoms with van der Waals surface area (Å²) in [5.74, 6) is -0.139. The molecule has 0 aliphatic rings. The number of rotatable bonds is 7. The highest BCUT2D eigenvalue weighted by Gasteiger charge is 2.15. The first-order valence-electron chi connectivity index (χ1n) is 5.05. The van der Waals surface area contributed by atoms with Crippen molar-refractivity contribution in [3.63, 3.8) is 0 Å². The highest BCUT2D eigenvalue weighted by atomic mass is 16.5. The third-order valence-electron chi connectivity index (χ3n) is 2.18. The maximum atomic E-state index is 11.5. The maximum Gasteiger partial charge on any atom is 0.225 e. The van der Waals surface area contributed by atoms with Crippen LogP contribution in [0.25, 0.3) is 0 Å². The minimum absolute atomic E-state index is 0.00727.